The van der Waals surface area contributed by atoms with Crippen LogP contribution in [0.1, 0.15) is 42.6 Å². The van der Waals surface area contributed by atoms with Crippen LogP contribution in [0.2, 0.25) is 0 Å². The van der Waals surface area contributed by atoms with Gasteiger partial charge in [0.1, 0.15) is 14.7 Å². The number of amides is 1. The molecule has 1 heterocycles. The SMILES string of the molecule is COC(=O)c1sc(NC(=O)C(N)CCS(C)(=O)=O)nc1C(C)(C)C.Cl. The van der Waals surface area contributed by atoms with Gasteiger partial charge >= 0.3 is 5.97 Å². The molecule has 0 aromatic carbocycles. The third kappa shape index (κ3) is 7.27. The number of nitrogens with one attached hydrogen (secondary N) is 1. The Labute approximate surface area is 157 Å². The number of hydrogen-bond donors (Lipinski definition) is 2. The Bertz CT molecular complexity index is 725. The van der Waals surface area contributed by atoms with Crippen LogP contribution in [0.3, 0.4) is 0 Å². The third-order valence-corrected chi connectivity index (χ3v) is 5.00. The van der Waals surface area contributed by atoms with Crippen LogP contribution in [0.5, 0.6) is 0 Å². The minimum Gasteiger partial charge on any atom is -0.465 e. The molecule has 0 radical (unpaired) electrons. The quantitative estimate of drug-likeness (QED) is 0.673. The predicted octanol–water partition coefficient (Wildman–Crippen LogP) is 1.35. The van der Waals surface area contributed by atoms with Crippen molar-refractivity contribution in [2.45, 2.75) is 38.6 Å². The first-order valence-electron chi connectivity index (χ1n) is 7.19. The summed E-state index contributed by atoms with van der Waals surface area (Å²) >= 11 is 0.997. The molecule has 1 atom stereocenters. The fourth-order valence-electron chi connectivity index (χ4n) is 1.78. The number of nitrogens with zero attached hydrogens (tertiary/aromatic N) is 1. The summed E-state index contributed by atoms with van der Waals surface area (Å²) in [7, 11) is -1.92. The van der Waals surface area contributed by atoms with Gasteiger partial charge in [0.05, 0.1) is 24.6 Å². The van der Waals surface area contributed by atoms with E-state index < -0.39 is 33.2 Å². The molecule has 11 heteroatoms. The summed E-state index contributed by atoms with van der Waals surface area (Å²) in [6.07, 6.45) is 1.09. The Morgan fingerprint density at radius 2 is 1.92 bits per heavy atom. The molecule has 0 aliphatic carbocycles. The second-order valence-corrected chi connectivity index (χ2v) is 9.71. The standard InChI is InChI=1S/C14H23N3O5S2.ClH/c1-14(2,3)10-9(12(19)22-4)23-13(16-10)17-11(18)8(15)6-7-24(5,20)21;/h8H,6-7,15H2,1-5H3,(H,16,17,18);1H. The Hall–Kier alpha value is -1.23. The molecule has 144 valence electrons. The van der Waals surface area contributed by atoms with Crippen LogP contribution < -0.4 is 11.1 Å². The molecule has 0 aliphatic rings. The van der Waals surface area contributed by atoms with Crippen LogP contribution >= 0.6 is 23.7 Å². The van der Waals surface area contributed by atoms with Gasteiger partial charge in [0.15, 0.2) is 5.13 Å². The van der Waals surface area contributed by atoms with Crippen molar-refractivity contribution < 1.29 is 22.7 Å². The van der Waals surface area contributed by atoms with Crippen LogP contribution in [-0.4, -0.2) is 50.4 Å². The summed E-state index contributed by atoms with van der Waals surface area (Å²) < 4.78 is 27.0. The normalized spacial score (nSPS) is 12.9. The summed E-state index contributed by atoms with van der Waals surface area (Å²) in [4.78, 5) is 28.5. The van der Waals surface area contributed by atoms with Crippen LogP contribution in [-0.2, 0) is 24.8 Å². The Morgan fingerprint density at radius 1 is 1.36 bits per heavy atom. The van der Waals surface area contributed by atoms with E-state index >= 15 is 0 Å². The molecular formula is C14H24ClN3O5S2. The topological polar surface area (TPSA) is 128 Å². The molecule has 1 amide bonds. The fraction of sp³-hybridized carbons (Fsp3) is 0.643. The molecule has 8 nitrogen and oxygen atoms in total. The van der Waals surface area contributed by atoms with Gasteiger partial charge < -0.3 is 15.8 Å². The number of aromatic nitrogens is 1. The molecule has 0 saturated heterocycles. The molecule has 3 N–H and O–H groups in total. The summed E-state index contributed by atoms with van der Waals surface area (Å²) in [5.74, 6) is -1.26. The number of nitrogens with two attached hydrogens (primary N) is 1. The first-order chi connectivity index (χ1) is 10.8. The second kappa shape index (κ2) is 8.93. The zero-order chi connectivity index (χ0) is 18.7. The van der Waals surface area contributed by atoms with Crippen LogP contribution in [0.25, 0.3) is 0 Å². The number of sulfone groups is 1. The minimum atomic E-state index is -3.20. The zero-order valence-electron chi connectivity index (χ0n) is 14.8. The molecule has 1 unspecified atom stereocenters. The maximum absolute atomic E-state index is 12.1. The van der Waals surface area contributed by atoms with Crippen molar-refractivity contribution in [3.8, 4) is 0 Å². The Morgan fingerprint density at radius 3 is 2.36 bits per heavy atom. The van der Waals surface area contributed by atoms with Crippen LogP contribution in [0.4, 0.5) is 5.13 Å². The van der Waals surface area contributed by atoms with Crippen molar-refractivity contribution in [3.05, 3.63) is 10.6 Å². The first-order valence-corrected chi connectivity index (χ1v) is 10.1. The van der Waals surface area contributed by atoms with E-state index in [1.54, 1.807) is 0 Å². The van der Waals surface area contributed by atoms with Gasteiger partial charge in [-0.05, 0) is 6.42 Å². The van der Waals surface area contributed by atoms with E-state index in [-0.39, 0.29) is 29.7 Å². The van der Waals surface area contributed by atoms with Crippen molar-refractivity contribution in [2.75, 3.05) is 24.4 Å². The van der Waals surface area contributed by atoms with Crippen molar-refractivity contribution in [1.82, 2.24) is 4.98 Å². The van der Waals surface area contributed by atoms with Gasteiger partial charge in [-0.2, -0.15) is 0 Å². The third-order valence-electron chi connectivity index (χ3n) is 3.07. The van der Waals surface area contributed by atoms with Crippen molar-refractivity contribution in [3.63, 3.8) is 0 Å². The van der Waals surface area contributed by atoms with E-state index in [1.165, 1.54) is 7.11 Å². The van der Waals surface area contributed by atoms with E-state index in [2.05, 4.69) is 10.3 Å². The monoisotopic (exact) mass is 413 g/mol. The molecule has 1 aromatic rings. The zero-order valence-corrected chi connectivity index (χ0v) is 17.2. The number of ether oxygens (including phenoxy) is 1. The number of hydrogen-bond acceptors (Lipinski definition) is 8. The largest absolute Gasteiger partial charge is 0.465 e. The van der Waals surface area contributed by atoms with E-state index in [0.717, 1.165) is 17.6 Å². The number of rotatable bonds is 6. The predicted molar refractivity (Wildman–Crippen MR) is 100 cm³/mol. The van der Waals surface area contributed by atoms with E-state index in [0.29, 0.717) is 10.6 Å². The average Bonchev–Trinajstić information content (AvgIpc) is 2.87. The van der Waals surface area contributed by atoms with Crippen molar-refractivity contribution in [2.24, 2.45) is 5.73 Å². The molecule has 0 saturated carbocycles. The second-order valence-electron chi connectivity index (χ2n) is 6.45. The molecule has 1 rings (SSSR count). The van der Waals surface area contributed by atoms with Gasteiger partial charge in [0, 0.05) is 11.7 Å². The van der Waals surface area contributed by atoms with E-state index in [1.807, 2.05) is 20.8 Å². The number of thiazole rings is 1. The lowest BCUT2D eigenvalue weighted by Crippen LogP contribution is -2.37. The van der Waals surface area contributed by atoms with Gasteiger partial charge in [0.2, 0.25) is 5.91 Å². The Kier molecular flexibility index (Phi) is 8.49. The van der Waals surface area contributed by atoms with Gasteiger partial charge in [-0.25, -0.2) is 18.2 Å². The number of carbonyl (C=O) groups is 2. The minimum absolute atomic E-state index is 0. The van der Waals surface area contributed by atoms with Gasteiger partial charge in [-0.1, -0.05) is 32.1 Å². The molecule has 25 heavy (non-hydrogen) atoms. The first kappa shape index (κ1) is 23.8. The highest BCUT2D eigenvalue weighted by Crippen LogP contribution is 2.32. The van der Waals surface area contributed by atoms with Gasteiger partial charge in [-0.3, -0.25) is 4.79 Å². The summed E-state index contributed by atoms with van der Waals surface area (Å²) in [6.45, 7) is 5.66. The highest BCUT2D eigenvalue weighted by molar-refractivity contribution is 7.90. The fourth-order valence-corrected chi connectivity index (χ4v) is 3.56. The average molecular weight is 414 g/mol. The highest BCUT2D eigenvalue weighted by atomic mass is 35.5. The van der Waals surface area contributed by atoms with E-state index in [4.69, 9.17) is 10.5 Å². The van der Waals surface area contributed by atoms with Crippen LogP contribution in [0.15, 0.2) is 0 Å². The van der Waals surface area contributed by atoms with Gasteiger partial charge in [-0.15, -0.1) is 12.4 Å². The molecule has 0 bridgehead atoms. The highest BCUT2D eigenvalue weighted by Gasteiger charge is 2.28. The van der Waals surface area contributed by atoms with Crippen molar-refractivity contribution in [1.29, 1.82) is 0 Å². The summed E-state index contributed by atoms with van der Waals surface area (Å²) in [5, 5.41) is 2.75. The summed E-state index contributed by atoms with van der Waals surface area (Å²) in [5.41, 5.74) is 5.80. The molecular weight excluding hydrogens is 390 g/mol. The summed E-state index contributed by atoms with van der Waals surface area (Å²) in [6, 6.07) is -0.983. The lowest BCUT2D eigenvalue weighted by atomic mass is 9.91. The number of anilines is 1. The lowest BCUT2D eigenvalue weighted by Gasteiger charge is -2.16. The van der Waals surface area contributed by atoms with Crippen LogP contribution in [0, 0.1) is 0 Å². The smallest absolute Gasteiger partial charge is 0.350 e. The molecule has 0 aliphatic heterocycles. The molecule has 0 spiro atoms. The Balaban J connectivity index is 0.00000576. The maximum atomic E-state index is 12.1. The van der Waals surface area contributed by atoms with Gasteiger partial charge in [0.25, 0.3) is 0 Å². The number of carbonyl (C=O) groups excluding carboxylic acids is 2. The van der Waals surface area contributed by atoms with E-state index in [9.17, 15) is 18.0 Å². The lowest BCUT2D eigenvalue weighted by molar-refractivity contribution is -0.117. The number of halogens is 1. The van der Waals surface area contributed by atoms with Crippen molar-refractivity contribution >= 4 is 50.6 Å². The maximum Gasteiger partial charge on any atom is 0.350 e. The number of methoxy groups -OCH3 is 1. The molecule has 0 fully saturated rings. The number of esters is 1. The molecule has 1 aromatic heterocycles.